The molecular weight excluding hydrogens is 174 g/mol. The summed E-state index contributed by atoms with van der Waals surface area (Å²) in [7, 11) is 0. The second-order valence-electron chi connectivity index (χ2n) is 4.35. The van der Waals surface area contributed by atoms with Crippen molar-refractivity contribution in [3.05, 3.63) is 18.0 Å². The van der Waals surface area contributed by atoms with Crippen LogP contribution in [0.25, 0.3) is 0 Å². The second-order valence-corrected chi connectivity index (χ2v) is 4.35. The number of nitrogens with zero attached hydrogens (tertiary/aromatic N) is 2. The van der Waals surface area contributed by atoms with Crippen molar-refractivity contribution in [1.29, 1.82) is 0 Å². The Kier molecular flexibility index (Phi) is 2.87. The summed E-state index contributed by atoms with van der Waals surface area (Å²) in [6, 6.07) is 1.00. The molecule has 1 aromatic rings. The van der Waals surface area contributed by atoms with Gasteiger partial charge in [0, 0.05) is 23.8 Å². The molecule has 1 fully saturated rings. The summed E-state index contributed by atoms with van der Waals surface area (Å²) >= 11 is 0. The lowest BCUT2D eigenvalue weighted by molar-refractivity contribution is 0.411. The Bertz CT molecular complexity index is 284. The van der Waals surface area contributed by atoms with E-state index in [1.165, 1.54) is 24.8 Å². The maximum absolute atomic E-state index is 4.37. The highest BCUT2D eigenvalue weighted by Gasteiger charge is 2.16. The van der Waals surface area contributed by atoms with Crippen molar-refractivity contribution in [3.8, 4) is 0 Å². The molecule has 0 aromatic carbocycles. The van der Waals surface area contributed by atoms with Gasteiger partial charge < -0.3 is 5.32 Å². The average Bonchev–Trinajstić information content (AvgIpc) is 2.68. The Hall–Kier alpha value is -0.830. The summed E-state index contributed by atoms with van der Waals surface area (Å²) in [5, 5.41) is 7.90. The smallest absolute Gasteiger partial charge is 0.0537 e. The first-order valence-electron chi connectivity index (χ1n) is 5.55. The van der Waals surface area contributed by atoms with Crippen LogP contribution in [0.2, 0.25) is 0 Å². The van der Waals surface area contributed by atoms with Crippen LogP contribution in [0.1, 0.15) is 50.8 Å². The molecular formula is C11H19N3. The molecule has 1 aromatic heterocycles. The Morgan fingerprint density at radius 3 is 2.93 bits per heavy atom. The predicted molar refractivity (Wildman–Crippen MR) is 57.2 cm³/mol. The molecule has 2 heterocycles. The van der Waals surface area contributed by atoms with Crippen molar-refractivity contribution >= 4 is 0 Å². The number of nitrogens with one attached hydrogen (secondary N) is 1. The number of aromatic nitrogens is 2. The lowest BCUT2D eigenvalue weighted by Gasteiger charge is -2.22. The van der Waals surface area contributed by atoms with E-state index in [4.69, 9.17) is 0 Å². The molecule has 3 heteroatoms. The average molecular weight is 193 g/mol. The van der Waals surface area contributed by atoms with E-state index in [9.17, 15) is 0 Å². The molecule has 3 nitrogen and oxygen atoms in total. The van der Waals surface area contributed by atoms with Crippen LogP contribution in [0.15, 0.2) is 12.4 Å². The number of hydrogen-bond donors (Lipinski definition) is 1. The molecule has 1 saturated heterocycles. The molecule has 1 atom stereocenters. The molecule has 0 unspecified atom stereocenters. The summed E-state index contributed by atoms with van der Waals surface area (Å²) < 4.78 is 2.03. The van der Waals surface area contributed by atoms with E-state index in [-0.39, 0.29) is 0 Å². The summed E-state index contributed by atoms with van der Waals surface area (Å²) in [5.41, 5.74) is 1.35. The van der Waals surface area contributed by atoms with Crippen molar-refractivity contribution in [2.75, 3.05) is 6.54 Å². The number of piperidine rings is 1. The predicted octanol–water partition coefficient (Wildman–Crippen LogP) is 2.28. The standard InChI is InChI=1S/C11H19N3/c1-9(2)14-8-10(7-13-14)11-5-3-4-6-12-11/h7-9,11-12H,3-6H2,1-2H3/t11-/m0/s1. The van der Waals surface area contributed by atoms with E-state index < -0.39 is 0 Å². The van der Waals surface area contributed by atoms with Gasteiger partial charge in [-0.2, -0.15) is 5.10 Å². The SMILES string of the molecule is CC(C)n1cc([C@@H]2CCCCN2)cn1. The fourth-order valence-electron chi connectivity index (χ4n) is 1.95. The Balaban J connectivity index is 2.07. The molecule has 0 amide bonds. The second kappa shape index (κ2) is 4.13. The zero-order valence-electron chi connectivity index (χ0n) is 9.03. The Labute approximate surface area is 85.5 Å². The molecule has 0 spiro atoms. The Morgan fingerprint density at radius 1 is 1.50 bits per heavy atom. The van der Waals surface area contributed by atoms with E-state index >= 15 is 0 Å². The van der Waals surface area contributed by atoms with E-state index in [2.05, 4.69) is 30.5 Å². The lowest BCUT2D eigenvalue weighted by atomic mass is 10.0. The van der Waals surface area contributed by atoms with E-state index in [0.29, 0.717) is 12.1 Å². The van der Waals surface area contributed by atoms with Crippen LogP contribution >= 0.6 is 0 Å². The zero-order chi connectivity index (χ0) is 9.97. The zero-order valence-corrected chi connectivity index (χ0v) is 9.03. The fourth-order valence-corrected chi connectivity index (χ4v) is 1.95. The molecule has 1 aliphatic heterocycles. The molecule has 14 heavy (non-hydrogen) atoms. The van der Waals surface area contributed by atoms with Crippen molar-refractivity contribution in [3.63, 3.8) is 0 Å². The lowest BCUT2D eigenvalue weighted by Crippen LogP contribution is -2.26. The van der Waals surface area contributed by atoms with Crippen LogP contribution in [0.5, 0.6) is 0 Å². The molecule has 1 N–H and O–H groups in total. The fraction of sp³-hybridized carbons (Fsp3) is 0.727. The molecule has 0 aliphatic carbocycles. The Morgan fingerprint density at radius 2 is 2.36 bits per heavy atom. The summed E-state index contributed by atoms with van der Waals surface area (Å²) in [6.45, 7) is 5.47. The third-order valence-corrected chi connectivity index (χ3v) is 2.86. The van der Waals surface area contributed by atoms with Gasteiger partial charge in [0.25, 0.3) is 0 Å². The maximum atomic E-state index is 4.37. The highest BCUT2D eigenvalue weighted by molar-refractivity contribution is 5.11. The van der Waals surface area contributed by atoms with Gasteiger partial charge in [-0.25, -0.2) is 0 Å². The van der Waals surface area contributed by atoms with Gasteiger partial charge in [-0.05, 0) is 33.2 Å². The van der Waals surface area contributed by atoms with Crippen LogP contribution in [0.4, 0.5) is 0 Å². The first-order chi connectivity index (χ1) is 6.77. The minimum atomic E-state index is 0.465. The van der Waals surface area contributed by atoms with E-state index in [1.54, 1.807) is 0 Å². The topological polar surface area (TPSA) is 29.9 Å². The van der Waals surface area contributed by atoms with Crippen molar-refractivity contribution in [1.82, 2.24) is 15.1 Å². The first kappa shape index (κ1) is 9.71. The first-order valence-corrected chi connectivity index (χ1v) is 5.55. The van der Waals surface area contributed by atoms with Gasteiger partial charge in [-0.15, -0.1) is 0 Å². The largest absolute Gasteiger partial charge is 0.310 e. The molecule has 0 saturated carbocycles. The molecule has 0 radical (unpaired) electrons. The van der Waals surface area contributed by atoms with E-state index in [1.807, 2.05) is 10.9 Å². The molecule has 0 bridgehead atoms. The molecule has 78 valence electrons. The highest BCUT2D eigenvalue weighted by Crippen LogP contribution is 2.22. The van der Waals surface area contributed by atoms with Crippen molar-refractivity contribution in [2.24, 2.45) is 0 Å². The van der Waals surface area contributed by atoms with Crippen molar-refractivity contribution < 1.29 is 0 Å². The van der Waals surface area contributed by atoms with E-state index in [0.717, 1.165) is 6.54 Å². The highest BCUT2D eigenvalue weighted by atomic mass is 15.3. The van der Waals surface area contributed by atoms with Gasteiger partial charge in [-0.3, -0.25) is 4.68 Å². The van der Waals surface area contributed by atoms with Gasteiger partial charge >= 0.3 is 0 Å². The van der Waals surface area contributed by atoms with Crippen molar-refractivity contribution in [2.45, 2.75) is 45.2 Å². The number of hydrogen-bond acceptors (Lipinski definition) is 2. The van der Waals surface area contributed by atoms with Gasteiger partial charge in [0.15, 0.2) is 0 Å². The quantitative estimate of drug-likeness (QED) is 0.781. The monoisotopic (exact) mass is 193 g/mol. The summed E-state index contributed by atoms with van der Waals surface area (Å²) in [5.74, 6) is 0. The molecule has 1 aliphatic rings. The molecule has 2 rings (SSSR count). The minimum Gasteiger partial charge on any atom is -0.310 e. The van der Waals surface area contributed by atoms with Gasteiger partial charge in [0.05, 0.1) is 6.20 Å². The normalized spacial score (nSPS) is 22.9. The van der Waals surface area contributed by atoms with Crippen LogP contribution in [-0.4, -0.2) is 16.3 Å². The van der Waals surface area contributed by atoms with Gasteiger partial charge in [-0.1, -0.05) is 6.42 Å². The summed E-state index contributed by atoms with van der Waals surface area (Å²) in [6.07, 6.45) is 8.08. The third-order valence-electron chi connectivity index (χ3n) is 2.86. The van der Waals surface area contributed by atoms with Gasteiger partial charge in [0.2, 0.25) is 0 Å². The van der Waals surface area contributed by atoms with Gasteiger partial charge in [0.1, 0.15) is 0 Å². The van der Waals surface area contributed by atoms with Crippen LogP contribution < -0.4 is 5.32 Å². The summed E-state index contributed by atoms with van der Waals surface area (Å²) in [4.78, 5) is 0. The maximum Gasteiger partial charge on any atom is 0.0537 e. The minimum absolute atomic E-state index is 0.465. The van der Waals surface area contributed by atoms with Crippen LogP contribution in [0.3, 0.4) is 0 Å². The van der Waals surface area contributed by atoms with Crippen LogP contribution in [-0.2, 0) is 0 Å². The van der Waals surface area contributed by atoms with Crippen LogP contribution in [0, 0.1) is 0 Å². The number of rotatable bonds is 2. The third kappa shape index (κ3) is 1.98.